The van der Waals surface area contributed by atoms with E-state index in [1.165, 1.54) is 0 Å². The van der Waals surface area contributed by atoms with Crippen molar-refractivity contribution in [3.05, 3.63) is 23.8 Å². The minimum atomic E-state index is 0. The first-order valence-corrected chi connectivity index (χ1v) is 8.60. The smallest absolute Gasteiger partial charge is 0.231 e. The van der Waals surface area contributed by atoms with Crippen LogP contribution in [-0.4, -0.2) is 49.9 Å². The molecule has 0 bridgehead atoms. The maximum absolute atomic E-state index is 5.41. The Morgan fingerprint density at radius 2 is 1.80 bits per heavy atom. The van der Waals surface area contributed by atoms with Crippen LogP contribution in [0.15, 0.2) is 23.2 Å². The lowest BCUT2D eigenvalue weighted by molar-refractivity contribution is 0.174. The Balaban J connectivity index is 0.00000312. The van der Waals surface area contributed by atoms with Gasteiger partial charge in [-0.3, -0.25) is 9.89 Å². The zero-order valence-corrected chi connectivity index (χ0v) is 18.2. The highest BCUT2D eigenvalue weighted by atomic mass is 127. The summed E-state index contributed by atoms with van der Waals surface area (Å²) in [7, 11) is 1.79. The fraction of sp³-hybridized carbons (Fsp3) is 0.611. The zero-order chi connectivity index (χ0) is 17.5. The lowest BCUT2D eigenvalue weighted by atomic mass is 10.2. The summed E-state index contributed by atoms with van der Waals surface area (Å²) < 4.78 is 10.7. The van der Waals surface area contributed by atoms with E-state index in [4.69, 9.17) is 9.47 Å². The number of ether oxygens (including phenoxy) is 2. The van der Waals surface area contributed by atoms with Crippen LogP contribution in [0.25, 0.3) is 0 Å². The molecule has 1 aliphatic rings. The minimum Gasteiger partial charge on any atom is -0.454 e. The van der Waals surface area contributed by atoms with E-state index in [-0.39, 0.29) is 24.0 Å². The maximum Gasteiger partial charge on any atom is 0.231 e. The van der Waals surface area contributed by atoms with E-state index in [1.54, 1.807) is 7.05 Å². The van der Waals surface area contributed by atoms with Gasteiger partial charge in [-0.1, -0.05) is 6.07 Å². The number of rotatable bonds is 7. The van der Waals surface area contributed by atoms with Crippen molar-refractivity contribution < 1.29 is 9.47 Å². The summed E-state index contributed by atoms with van der Waals surface area (Å²) in [6.45, 7) is 11.8. The molecule has 1 heterocycles. The summed E-state index contributed by atoms with van der Waals surface area (Å²) in [6.07, 6.45) is 0. The first kappa shape index (κ1) is 21.8. The van der Waals surface area contributed by atoms with Gasteiger partial charge in [0.1, 0.15) is 0 Å². The third-order valence-corrected chi connectivity index (χ3v) is 4.11. The van der Waals surface area contributed by atoms with Crippen molar-refractivity contribution in [1.29, 1.82) is 0 Å². The molecule has 0 saturated carbocycles. The summed E-state index contributed by atoms with van der Waals surface area (Å²) in [4.78, 5) is 6.74. The second-order valence-corrected chi connectivity index (χ2v) is 6.47. The van der Waals surface area contributed by atoms with Crippen molar-refractivity contribution in [2.45, 2.75) is 46.3 Å². The van der Waals surface area contributed by atoms with Crippen molar-refractivity contribution in [2.24, 2.45) is 4.99 Å². The number of hydrogen-bond donors (Lipinski definition) is 2. The summed E-state index contributed by atoms with van der Waals surface area (Å²) in [5, 5.41) is 6.71. The Kier molecular flexibility index (Phi) is 9.34. The third kappa shape index (κ3) is 6.54. The number of benzene rings is 1. The number of nitrogens with zero attached hydrogens (tertiary/aromatic N) is 2. The van der Waals surface area contributed by atoms with Gasteiger partial charge in [0, 0.05) is 38.8 Å². The van der Waals surface area contributed by atoms with Gasteiger partial charge in [0.05, 0.1) is 0 Å². The monoisotopic (exact) mass is 462 g/mol. The van der Waals surface area contributed by atoms with Crippen molar-refractivity contribution in [3.8, 4) is 11.5 Å². The SMILES string of the molecule is CN=C(NCCN(C(C)C)C(C)C)NCc1ccc2c(c1)OCO2.I. The lowest BCUT2D eigenvalue weighted by Gasteiger charge is -2.30. The minimum absolute atomic E-state index is 0. The van der Waals surface area contributed by atoms with Gasteiger partial charge in [0.2, 0.25) is 6.79 Å². The molecule has 0 radical (unpaired) electrons. The Morgan fingerprint density at radius 3 is 2.44 bits per heavy atom. The molecule has 1 aromatic carbocycles. The zero-order valence-electron chi connectivity index (χ0n) is 15.8. The van der Waals surface area contributed by atoms with E-state index in [2.05, 4.69) is 48.2 Å². The van der Waals surface area contributed by atoms with Gasteiger partial charge in [0.15, 0.2) is 17.5 Å². The van der Waals surface area contributed by atoms with Gasteiger partial charge < -0.3 is 20.1 Å². The predicted molar refractivity (Wildman–Crippen MR) is 113 cm³/mol. The first-order chi connectivity index (χ1) is 11.5. The van der Waals surface area contributed by atoms with E-state index in [9.17, 15) is 0 Å². The van der Waals surface area contributed by atoms with Crippen LogP contribution < -0.4 is 20.1 Å². The molecule has 1 aromatic rings. The molecular weight excluding hydrogens is 431 g/mol. The topological polar surface area (TPSA) is 58.1 Å². The molecule has 142 valence electrons. The number of guanidine groups is 1. The third-order valence-electron chi connectivity index (χ3n) is 4.11. The summed E-state index contributed by atoms with van der Waals surface area (Å²) in [5.41, 5.74) is 1.13. The van der Waals surface area contributed by atoms with E-state index in [0.29, 0.717) is 25.4 Å². The Labute approximate surface area is 168 Å². The molecule has 6 nitrogen and oxygen atoms in total. The number of nitrogens with one attached hydrogen (secondary N) is 2. The van der Waals surface area contributed by atoms with E-state index in [0.717, 1.165) is 36.1 Å². The molecule has 0 fully saturated rings. The molecule has 0 spiro atoms. The molecule has 1 aliphatic heterocycles. The van der Waals surface area contributed by atoms with E-state index >= 15 is 0 Å². The molecule has 0 unspecified atom stereocenters. The average Bonchev–Trinajstić information content (AvgIpc) is 3.01. The Bertz CT molecular complexity index is 556. The molecule has 0 amide bonds. The highest BCUT2D eigenvalue weighted by Gasteiger charge is 2.14. The number of aliphatic imine (C=N–C) groups is 1. The van der Waals surface area contributed by atoms with Gasteiger partial charge in [0.25, 0.3) is 0 Å². The van der Waals surface area contributed by atoms with Crippen LogP contribution in [0.4, 0.5) is 0 Å². The van der Waals surface area contributed by atoms with Crippen LogP contribution in [0.1, 0.15) is 33.3 Å². The molecule has 0 saturated heterocycles. The van der Waals surface area contributed by atoms with E-state index in [1.807, 2.05) is 18.2 Å². The van der Waals surface area contributed by atoms with Crippen LogP contribution in [0.5, 0.6) is 11.5 Å². The van der Waals surface area contributed by atoms with Crippen molar-refractivity contribution in [3.63, 3.8) is 0 Å². The fourth-order valence-corrected chi connectivity index (χ4v) is 2.87. The first-order valence-electron chi connectivity index (χ1n) is 8.60. The lowest BCUT2D eigenvalue weighted by Crippen LogP contribution is -2.45. The second kappa shape index (κ2) is 10.7. The largest absolute Gasteiger partial charge is 0.454 e. The number of fused-ring (bicyclic) bond motifs is 1. The normalized spacial score (nSPS) is 13.4. The summed E-state index contributed by atoms with van der Waals surface area (Å²) in [5.74, 6) is 2.42. The molecule has 7 heteroatoms. The van der Waals surface area contributed by atoms with Gasteiger partial charge in [-0.05, 0) is 45.4 Å². The molecule has 2 rings (SSSR count). The standard InChI is InChI=1S/C18H30N4O2.HI/c1-13(2)22(14(3)4)9-8-20-18(19-5)21-11-15-6-7-16-17(10-15)24-12-23-16;/h6-7,10,13-14H,8-9,11-12H2,1-5H3,(H2,19,20,21);1H. The molecule has 25 heavy (non-hydrogen) atoms. The van der Waals surface area contributed by atoms with Crippen LogP contribution in [0.3, 0.4) is 0 Å². The quantitative estimate of drug-likeness (QED) is 0.371. The molecule has 0 aromatic heterocycles. The van der Waals surface area contributed by atoms with Crippen LogP contribution in [0, 0.1) is 0 Å². The predicted octanol–water partition coefficient (Wildman–Crippen LogP) is 2.82. The summed E-state index contributed by atoms with van der Waals surface area (Å²) >= 11 is 0. The maximum atomic E-state index is 5.41. The van der Waals surface area contributed by atoms with Crippen molar-refractivity contribution in [1.82, 2.24) is 15.5 Å². The number of halogens is 1. The molecular formula is C18H31IN4O2. The average molecular weight is 462 g/mol. The number of hydrogen-bond acceptors (Lipinski definition) is 4. The van der Waals surface area contributed by atoms with Gasteiger partial charge >= 0.3 is 0 Å². The van der Waals surface area contributed by atoms with Crippen molar-refractivity contribution in [2.75, 3.05) is 26.9 Å². The van der Waals surface area contributed by atoms with Crippen LogP contribution in [0.2, 0.25) is 0 Å². The molecule has 2 N–H and O–H groups in total. The summed E-state index contributed by atoms with van der Waals surface area (Å²) in [6, 6.07) is 7.05. The Morgan fingerprint density at radius 1 is 1.12 bits per heavy atom. The molecule has 0 atom stereocenters. The van der Waals surface area contributed by atoms with Crippen LogP contribution >= 0.6 is 24.0 Å². The van der Waals surface area contributed by atoms with Crippen LogP contribution in [-0.2, 0) is 6.54 Å². The second-order valence-electron chi connectivity index (χ2n) is 6.47. The highest BCUT2D eigenvalue weighted by Crippen LogP contribution is 2.32. The van der Waals surface area contributed by atoms with E-state index < -0.39 is 0 Å². The fourth-order valence-electron chi connectivity index (χ4n) is 2.87. The van der Waals surface area contributed by atoms with Crippen molar-refractivity contribution >= 4 is 29.9 Å². The van der Waals surface area contributed by atoms with Gasteiger partial charge in [-0.15, -0.1) is 24.0 Å². The van der Waals surface area contributed by atoms with Gasteiger partial charge in [-0.2, -0.15) is 0 Å². The van der Waals surface area contributed by atoms with Gasteiger partial charge in [-0.25, -0.2) is 0 Å². The molecule has 0 aliphatic carbocycles. The Hall–Kier alpha value is -1.22. The highest BCUT2D eigenvalue weighted by molar-refractivity contribution is 14.0.